The summed E-state index contributed by atoms with van der Waals surface area (Å²) in [6.45, 7) is 7.61. The van der Waals surface area contributed by atoms with Crippen LogP contribution in [0, 0.1) is 11.3 Å². The molecule has 0 bridgehead atoms. The molecule has 3 atom stereocenters. The third-order valence-electron chi connectivity index (χ3n) is 6.19. The molecule has 2 aliphatic carbocycles. The van der Waals surface area contributed by atoms with Crippen LogP contribution in [0.4, 0.5) is 0 Å². The van der Waals surface area contributed by atoms with Crippen LogP contribution < -0.4 is 10.4 Å². The van der Waals surface area contributed by atoms with E-state index in [4.69, 9.17) is 4.43 Å². The molecular weight excluding hydrogens is 336 g/mol. The zero-order valence-corrected chi connectivity index (χ0v) is 16.9. The summed E-state index contributed by atoms with van der Waals surface area (Å²) < 4.78 is 7.02. The fraction of sp³-hybridized carbons (Fsp3) is 0.391. The minimum absolute atomic E-state index is 0.00231. The second kappa shape index (κ2) is 6.19. The summed E-state index contributed by atoms with van der Waals surface area (Å²) in [5, 5.41) is 12.7. The van der Waals surface area contributed by atoms with Crippen molar-refractivity contribution in [2.45, 2.75) is 38.3 Å². The Bertz CT molecular complexity index is 754. The second-order valence-corrected chi connectivity index (χ2v) is 13.2. The molecule has 0 heterocycles. The minimum Gasteiger partial charge on any atom is -0.407 e. The Labute approximate surface area is 157 Å². The van der Waals surface area contributed by atoms with Gasteiger partial charge in [-0.2, -0.15) is 0 Å². The standard InChI is InChI=1S/C23H28O2Si/c1-22(2,3)26(18-10-6-4-7-11-18,19-12-8-5-9-13-19)25-17-23-15-14-21(24)20(23)16-23/h4-15,20-21,24H,16-17H2,1-3H3/t20-,21-,23-/m1/s1. The van der Waals surface area contributed by atoms with Gasteiger partial charge in [0.2, 0.25) is 0 Å². The first-order valence-corrected chi connectivity index (χ1v) is 11.4. The predicted octanol–water partition coefficient (Wildman–Crippen LogP) is 3.50. The van der Waals surface area contributed by atoms with Gasteiger partial charge < -0.3 is 9.53 Å². The van der Waals surface area contributed by atoms with Crippen LogP contribution in [0.1, 0.15) is 27.2 Å². The summed E-state index contributed by atoms with van der Waals surface area (Å²) >= 11 is 0. The highest BCUT2D eigenvalue weighted by Gasteiger charge is 2.60. The normalized spacial score (nSPS) is 27.4. The van der Waals surface area contributed by atoms with Crippen LogP contribution in [0.15, 0.2) is 72.8 Å². The number of hydrogen-bond acceptors (Lipinski definition) is 2. The quantitative estimate of drug-likeness (QED) is 0.650. The van der Waals surface area contributed by atoms with Gasteiger partial charge in [-0.15, -0.1) is 0 Å². The molecule has 0 aromatic heterocycles. The average Bonchev–Trinajstić information content (AvgIpc) is 3.28. The lowest BCUT2D eigenvalue weighted by Gasteiger charge is -2.43. The van der Waals surface area contributed by atoms with Crippen molar-refractivity contribution in [3.8, 4) is 0 Å². The van der Waals surface area contributed by atoms with Gasteiger partial charge in [0.25, 0.3) is 8.32 Å². The third kappa shape index (κ3) is 2.70. The van der Waals surface area contributed by atoms with Gasteiger partial charge in [-0.25, -0.2) is 0 Å². The van der Waals surface area contributed by atoms with Crippen molar-refractivity contribution >= 4 is 18.7 Å². The lowest BCUT2D eigenvalue weighted by Crippen LogP contribution is -2.67. The van der Waals surface area contributed by atoms with Gasteiger partial charge in [-0.3, -0.25) is 0 Å². The predicted molar refractivity (Wildman–Crippen MR) is 109 cm³/mol. The van der Waals surface area contributed by atoms with Gasteiger partial charge in [-0.05, 0) is 21.8 Å². The molecule has 0 amide bonds. The van der Waals surface area contributed by atoms with E-state index in [1.807, 2.05) is 6.08 Å². The first-order chi connectivity index (χ1) is 12.4. The summed E-state index contributed by atoms with van der Waals surface area (Å²) in [7, 11) is -2.47. The van der Waals surface area contributed by atoms with Gasteiger partial charge in [-0.1, -0.05) is 93.6 Å². The maximum absolute atomic E-state index is 10.1. The monoisotopic (exact) mass is 364 g/mol. The summed E-state index contributed by atoms with van der Waals surface area (Å²) in [6, 6.07) is 21.5. The molecule has 0 spiro atoms. The average molecular weight is 365 g/mol. The van der Waals surface area contributed by atoms with Crippen molar-refractivity contribution in [3.05, 3.63) is 72.8 Å². The molecule has 4 rings (SSSR count). The first kappa shape index (κ1) is 17.7. The highest BCUT2D eigenvalue weighted by atomic mass is 28.4. The summed E-state index contributed by atoms with van der Waals surface area (Å²) in [4.78, 5) is 0. The van der Waals surface area contributed by atoms with Gasteiger partial charge in [0.1, 0.15) is 0 Å². The fourth-order valence-corrected chi connectivity index (χ4v) is 9.29. The van der Waals surface area contributed by atoms with Crippen molar-refractivity contribution in [1.82, 2.24) is 0 Å². The number of aliphatic hydroxyl groups is 1. The molecule has 0 radical (unpaired) electrons. The highest BCUT2D eigenvalue weighted by molar-refractivity contribution is 6.99. The van der Waals surface area contributed by atoms with Crippen LogP contribution in [0.3, 0.4) is 0 Å². The maximum Gasteiger partial charge on any atom is 0.261 e. The Balaban J connectivity index is 1.77. The molecular formula is C23H28O2Si. The van der Waals surface area contributed by atoms with E-state index >= 15 is 0 Å². The van der Waals surface area contributed by atoms with Gasteiger partial charge in [0.05, 0.1) is 6.10 Å². The fourth-order valence-electron chi connectivity index (χ4n) is 4.65. The zero-order chi connectivity index (χ0) is 18.4. The van der Waals surface area contributed by atoms with Gasteiger partial charge in [0.15, 0.2) is 0 Å². The number of rotatable bonds is 5. The Kier molecular flexibility index (Phi) is 4.22. The molecule has 1 fully saturated rings. The Morgan fingerprint density at radius 3 is 1.92 bits per heavy atom. The number of hydrogen-bond donors (Lipinski definition) is 1. The highest BCUT2D eigenvalue weighted by Crippen LogP contribution is 2.60. The van der Waals surface area contributed by atoms with E-state index < -0.39 is 8.32 Å². The van der Waals surface area contributed by atoms with Gasteiger partial charge >= 0.3 is 0 Å². The topological polar surface area (TPSA) is 29.5 Å². The van der Waals surface area contributed by atoms with E-state index in [1.165, 1.54) is 10.4 Å². The van der Waals surface area contributed by atoms with E-state index in [0.717, 1.165) is 6.42 Å². The molecule has 2 aromatic carbocycles. The van der Waals surface area contributed by atoms with E-state index in [1.54, 1.807) is 0 Å². The number of aliphatic hydroxyl groups excluding tert-OH is 1. The van der Waals surface area contributed by atoms with Crippen LogP contribution in [-0.4, -0.2) is 26.1 Å². The lowest BCUT2D eigenvalue weighted by atomic mass is 10.1. The van der Waals surface area contributed by atoms with Crippen molar-refractivity contribution in [1.29, 1.82) is 0 Å². The Hall–Kier alpha value is -1.68. The molecule has 26 heavy (non-hydrogen) atoms. The third-order valence-corrected chi connectivity index (χ3v) is 11.2. The second-order valence-electron chi connectivity index (χ2n) is 8.85. The molecule has 2 aromatic rings. The summed E-state index contributed by atoms with van der Waals surface area (Å²) in [5.41, 5.74) is 0.0481. The molecule has 2 aliphatic rings. The molecule has 0 aliphatic heterocycles. The molecule has 0 saturated heterocycles. The maximum atomic E-state index is 10.1. The first-order valence-electron chi connectivity index (χ1n) is 9.52. The molecule has 2 nitrogen and oxygen atoms in total. The molecule has 136 valence electrons. The molecule has 3 heteroatoms. The summed E-state index contributed by atoms with van der Waals surface area (Å²) in [5.74, 6) is 0.348. The Morgan fingerprint density at radius 1 is 1.00 bits per heavy atom. The van der Waals surface area contributed by atoms with Crippen LogP contribution >= 0.6 is 0 Å². The largest absolute Gasteiger partial charge is 0.407 e. The number of benzene rings is 2. The van der Waals surface area contributed by atoms with Crippen molar-refractivity contribution in [3.63, 3.8) is 0 Å². The smallest absolute Gasteiger partial charge is 0.261 e. The molecule has 0 unspecified atom stereocenters. The van der Waals surface area contributed by atoms with Crippen molar-refractivity contribution in [2.24, 2.45) is 11.3 Å². The van der Waals surface area contributed by atoms with E-state index in [-0.39, 0.29) is 16.6 Å². The van der Waals surface area contributed by atoms with Gasteiger partial charge in [0, 0.05) is 17.9 Å². The lowest BCUT2D eigenvalue weighted by molar-refractivity contribution is 0.177. The van der Waals surface area contributed by atoms with Crippen LogP contribution in [-0.2, 0) is 4.43 Å². The zero-order valence-electron chi connectivity index (χ0n) is 15.9. The molecule has 1 N–H and O–H groups in total. The van der Waals surface area contributed by atoms with E-state index in [2.05, 4.69) is 87.5 Å². The van der Waals surface area contributed by atoms with E-state index in [0.29, 0.717) is 12.5 Å². The van der Waals surface area contributed by atoms with Crippen LogP contribution in [0.5, 0.6) is 0 Å². The minimum atomic E-state index is -2.47. The van der Waals surface area contributed by atoms with Crippen molar-refractivity contribution < 1.29 is 9.53 Å². The molecule has 1 saturated carbocycles. The van der Waals surface area contributed by atoms with Crippen LogP contribution in [0.2, 0.25) is 5.04 Å². The SMILES string of the molecule is CC(C)(C)[Si](OC[C@]12C=C[C@@H](O)[C@H]1C2)(c1ccccc1)c1ccccc1. The summed E-state index contributed by atoms with van der Waals surface area (Å²) in [6.07, 6.45) is 4.89. The van der Waals surface area contributed by atoms with E-state index in [9.17, 15) is 5.11 Å². The van der Waals surface area contributed by atoms with Crippen LogP contribution in [0.25, 0.3) is 0 Å². The Morgan fingerprint density at radius 2 is 1.54 bits per heavy atom. The van der Waals surface area contributed by atoms with Crippen molar-refractivity contribution in [2.75, 3.05) is 6.61 Å². The number of fused-ring (bicyclic) bond motifs is 1.